The van der Waals surface area contributed by atoms with Gasteiger partial charge in [0.1, 0.15) is 6.61 Å². The quantitative estimate of drug-likeness (QED) is 0.470. The van der Waals surface area contributed by atoms with Gasteiger partial charge in [-0.15, -0.1) is 0 Å². The molecule has 25 heavy (non-hydrogen) atoms. The van der Waals surface area contributed by atoms with Crippen LogP contribution in [0.15, 0.2) is 79.0 Å². The van der Waals surface area contributed by atoms with E-state index < -0.39 is 0 Å². The number of esters is 1. The van der Waals surface area contributed by atoms with Crippen LogP contribution in [-0.4, -0.2) is 10.3 Å². The average molecular weight is 345 g/mol. The van der Waals surface area contributed by atoms with Crippen LogP contribution in [0, 0.1) is 0 Å². The summed E-state index contributed by atoms with van der Waals surface area (Å²) in [4.78, 5) is 12.2. The van der Waals surface area contributed by atoms with Crippen LogP contribution in [0.3, 0.4) is 0 Å². The Morgan fingerprint density at radius 3 is 2.48 bits per heavy atom. The molecule has 0 bridgehead atoms. The number of nitrogens with zero attached hydrogens (tertiary/aromatic N) is 1. The van der Waals surface area contributed by atoms with E-state index in [0.717, 1.165) is 26.8 Å². The SMILES string of the molecule is O=C(OCc1ccccc1)c1ccc(-c2ccc3cnsc3c2)cc1. The first-order valence-electron chi connectivity index (χ1n) is 7.95. The Kier molecular flexibility index (Phi) is 4.27. The molecule has 0 unspecified atom stereocenters. The minimum atomic E-state index is -0.312. The van der Waals surface area contributed by atoms with Crippen molar-refractivity contribution in [1.82, 2.24) is 4.37 Å². The molecule has 1 heterocycles. The van der Waals surface area contributed by atoms with Crippen molar-refractivity contribution < 1.29 is 9.53 Å². The van der Waals surface area contributed by atoms with Gasteiger partial charge in [-0.2, -0.15) is 4.37 Å². The number of aromatic nitrogens is 1. The summed E-state index contributed by atoms with van der Waals surface area (Å²) in [5, 5.41) is 1.15. The Balaban J connectivity index is 1.48. The first-order valence-corrected chi connectivity index (χ1v) is 8.73. The van der Waals surface area contributed by atoms with E-state index in [9.17, 15) is 4.79 Å². The fourth-order valence-corrected chi connectivity index (χ4v) is 3.33. The Hall–Kier alpha value is -2.98. The zero-order chi connectivity index (χ0) is 17.1. The number of benzene rings is 3. The van der Waals surface area contributed by atoms with E-state index in [1.807, 2.05) is 48.7 Å². The minimum absolute atomic E-state index is 0.281. The van der Waals surface area contributed by atoms with E-state index in [2.05, 4.69) is 22.6 Å². The van der Waals surface area contributed by atoms with Gasteiger partial charge in [0.2, 0.25) is 0 Å². The Bertz CT molecular complexity index is 1010. The summed E-state index contributed by atoms with van der Waals surface area (Å²) in [7, 11) is 0. The van der Waals surface area contributed by atoms with Gasteiger partial charge in [-0.25, -0.2) is 4.79 Å². The van der Waals surface area contributed by atoms with Crippen LogP contribution >= 0.6 is 11.5 Å². The Morgan fingerprint density at radius 1 is 0.920 bits per heavy atom. The van der Waals surface area contributed by atoms with Gasteiger partial charge in [-0.1, -0.05) is 54.6 Å². The summed E-state index contributed by atoms with van der Waals surface area (Å²) >= 11 is 1.48. The van der Waals surface area contributed by atoms with Crippen molar-refractivity contribution in [3.8, 4) is 11.1 Å². The lowest BCUT2D eigenvalue weighted by molar-refractivity contribution is 0.0473. The molecule has 3 aromatic carbocycles. The summed E-state index contributed by atoms with van der Waals surface area (Å²) in [6, 6.07) is 23.4. The van der Waals surface area contributed by atoms with E-state index >= 15 is 0 Å². The second-order valence-electron chi connectivity index (χ2n) is 5.72. The Labute approximate surface area is 149 Å². The molecule has 0 spiro atoms. The van der Waals surface area contributed by atoms with Crippen molar-refractivity contribution in [2.24, 2.45) is 0 Å². The van der Waals surface area contributed by atoms with Crippen molar-refractivity contribution in [2.75, 3.05) is 0 Å². The molecule has 0 fully saturated rings. The fraction of sp³-hybridized carbons (Fsp3) is 0.0476. The predicted octanol–water partition coefficient (Wildman–Crippen LogP) is 5.32. The highest BCUT2D eigenvalue weighted by atomic mass is 32.1. The molecule has 0 saturated carbocycles. The van der Waals surface area contributed by atoms with Crippen LogP contribution in [0.1, 0.15) is 15.9 Å². The lowest BCUT2D eigenvalue weighted by Gasteiger charge is -2.06. The fourth-order valence-electron chi connectivity index (χ4n) is 2.64. The third-order valence-electron chi connectivity index (χ3n) is 4.02. The van der Waals surface area contributed by atoms with Gasteiger partial charge in [0.25, 0.3) is 0 Å². The van der Waals surface area contributed by atoms with E-state index in [1.54, 1.807) is 12.1 Å². The summed E-state index contributed by atoms with van der Waals surface area (Å²) in [5.74, 6) is -0.312. The lowest BCUT2D eigenvalue weighted by atomic mass is 10.0. The van der Waals surface area contributed by atoms with Crippen molar-refractivity contribution >= 4 is 27.6 Å². The predicted molar refractivity (Wildman–Crippen MR) is 101 cm³/mol. The zero-order valence-electron chi connectivity index (χ0n) is 13.4. The maximum absolute atomic E-state index is 12.2. The third kappa shape index (κ3) is 3.44. The van der Waals surface area contributed by atoms with Gasteiger partial charge < -0.3 is 4.74 Å². The molecule has 0 aliphatic carbocycles. The van der Waals surface area contributed by atoms with Crippen LogP contribution in [0.5, 0.6) is 0 Å². The van der Waals surface area contributed by atoms with Crippen LogP contribution < -0.4 is 0 Å². The number of hydrogen-bond acceptors (Lipinski definition) is 4. The molecule has 0 aliphatic heterocycles. The van der Waals surface area contributed by atoms with Gasteiger partial charge >= 0.3 is 5.97 Å². The molecule has 0 radical (unpaired) electrons. The smallest absolute Gasteiger partial charge is 0.338 e. The van der Waals surface area contributed by atoms with E-state index in [0.29, 0.717) is 5.56 Å². The van der Waals surface area contributed by atoms with E-state index in [4.69, 9.17) is 4.74 Å². The Morgan fingerprint density at radius 2 is 1.68 bits per heavy atom. The number of rotatable bonds is 4. The highest BCUT2D eigenvalue weighted by Crippen LogP contribution is 2.26. The van der Waals surface area contributed by atoms with Gasteiger partial charge in [-0.3, -0.25) is 0 Å². The lowest BCUT2D eigenvalue weighted by Crippen LogP contribution is -2.05. The van der Waals surface area contributed by atoms with Gasteiger partial charge in [0, 0.05) is 11.6 Å². The molecular formula is C21H15NO2S. The standard InChI is InChI=1S/C21H15NO2S/c23-21(24-14-15-4-2-1-3-5-15)17-8-6-16(7-9-17)18-10-11-19-13-22-25-20(19)12-18/h1-13H,14H2. The molecule has 4 rings (SSSR count). The third-order valence-corrected chi connectivity index (χ3v) is 4.78. The highest BCUT2D eigenvalue weighted by molar-refractivity contribution is 7.13. The maximum atomic E-state index is 12.2. The molecular weight excluding hydrogens is 330 g/mol. The zero-order valence-corrected chi connectivity index (χ0v) is 14.2. The van der Waals surface area contributed by atoms with Crippen molar-refractivity contribution in [3.63, 3.8) is 0 Å². The molecule has 122 valence electrons. The molecule has 0 aliphatic rings. The molecule has 0 atom stereocenters. The normalized spacial score (nSPS) is 10.7. The second kappa shape index (κ2) is 6.87. The highest BCUT2D eigenvalue weighted by Gasteiger charge is 2.08. The van der Waals surface area contributed by atoms with Crippen molar-refractivity contribution in [1.29, 1.82) is 0 Å². The first kappa shape index (κ1) is 15.5. The molecule has 0 amide bonds. The minimum Gasteiger partial charge on any atom is -0.457 e. The van der Waals surface area contributed by atoms with Crippen LogP contribution in [0.2, 0.25) is 0 Å². The average Bonchev–Trinajstić information content (AvgIpc) is 3.15. The van der Waals surface area contributed by atoms with E-state index in [1.165, 1.54) is 11.5 Å². The number of carbonyl (C=O) groups is 1. The number of ether oxygens (including phenoxy) is 1. The molecule has 1 aromatic heterocycles. The summed E-state index contributed by atoms with van der Waals surface area (Å²) in [5.41, 5.74) is 3.71. The van der Waals surface area contributed by atoms with Crippen molar-refractivity contribution in [2.45, 2.75) is 6.61 Å². The van der Waals surface area contributed by atoms with Gasteiger partial charge in [0.15, 0.2) is 0 Å². The number of fused-ring (bicyclic) bond motifs is 1. The topological polar surface area (TPSA) is 39.2 Å². The van der Waals surface area contributed by atoms with Gasteiger partial charge in [-0.05, 0) is 46.4 Å². The largest absolute Gasteiger partial charge is 0.457 e. The second-order valence-corrected chi connectivity index (χ2v) is 6.55. The molecule has 0 saturated heterocycles. The first-order chi connectivity index (χ1) is 12.3. The van der Waals surface area contributed by atoms with Gasteiger partial charge in [0.05, 0.1) is 10.3 Å². The monoisotopic (exact) mass is 345 g/mol. The maximum Gasteiger partial charge on any atom is 0.338 e. The number of carbonyl (C=O) groups excluding carboxylic acids is 1. The van der Waals surface area contributed by atoms with Crippen LogP contribution in [0.25, 0.3) is 21.2 Å². The van der Waals surface area contributed by atoms with Crippen molar-refractivity contribution in [3.05, 3.63) is 90.1 Å². The summed E-state index contributed by atoms with van der Waals surface area (Å²) < 4.78 is 10.7. The summed E-state index contributed by atoms with van der Waals surface area (Å²) in [6.45, 7) is 0.281. The summed E-state index contributed by atoms with van der Waals surface area (Å²) in [6.07, 6.45) is 1.87. The molecule has 3 nitrogen and oxygen atoms in total. The van der Waals surface area contributed by atoms with Crippen LogP contribution in [0.4, 0.5) is 0 Å². The molecule has 4 aromatic rings. The van der Waals surface area contributed by atoms with Crippen LogP contribution in [-0.2, 0) is 11.3 Å². The van der Waals surface area contributed by atoms with E-state index in [-0.39, 0.29) is 12.6 Å². The molecule has 4 heteroatoms. The molecule has 0 N–H and O–H groups in total. The number of hydrogen-bond donors (Lipinski definition) is 0.